The molecule has 0 heterocycles. The van der Waals surface area contributed by atoms with Gasteiger partial charge in [0.25, 0.3) is 5.69 Å². The van der Waals surface area contributed by atoms with Crippen molar-refractivity contribution in [1.82, 2.24) is 10.0 Å². The van der Waals surface area contributed by atoms with Crippen LogP contribution in [0.2, 0.25) is 0 Å². The highest BCUT2D eigenvalue weighted by Gasteiger charge is 2.32. The summed E-state index contributed by atoms with van der Waals surface area (Å²) in [6.45, 7) is 9.49. The van der Waals surface area contributed by atoms with E-state index >= 15 is 0 Å². The standard InChI is InChI=1S/C24H30FN3O7S/c1-14-11-15(2)17(18(25)12-14)13-19(23(30)35-24(4,5)6)26-22(29)16(3)27-36(33,34)21-10-8-7-9-20(21)28(31)32/h7-12,16,19,27H,13H2,1-6H3,(H,26,29). The summed E-state index contributed by atoms with van der Waals surface area (Å²) in [7, 11) is -4.47. The van der Waals surface area contributed by atoms with Crippen LogP contribution in [0, 0.1) is 29.8 Å². The number of esters is 1. The van der Waals surface area contributed by atoms with Gasteiger partial charge in [0.1, 0.15) is 17.5 Å². The average molecular weight is 524 g/mol. The van der Waals surface area contributed by atoms with Gasteiger partial charge in [0.05, 0.1) is 11.0 Å². The molecule has 196 valence electrons. The second kappa shape index (κ2) is 11.1. The van der Waals surface area contributed by atoms with Crippen LogP contribution in [-0.2, 0) is 30.8 Å². The predicted molar refractivity (Wildman–Crippen MR) is 130 cm³/mol. The maximum atomic E-state index is 14.7. The number of carbonyl (C=O) groups is 2. The molecule has 12 heteroatoms. The number of halogens is 1. The highest BCUT2D eigenvalue weighted by Crippen LogP contribution is 2.23. The molecule has 0 spiro atoms. The first kappa shape index (κ1) is 28.9. The first-order chi connectivity index (χ1) is 16.5. The first-order valence-corrected chi connectivity index (χ1v) is 12.5. The Kier molecular flexibility index (Phi) is 8.92. The molecule has 2 unspecified atom stereocenters. The molecule has 0 aliphatic heterocycles. The van der Waals surface area contributed by atoms with Crippen molar-refractivity contribution >= 4 is 27.6 Å². The number of ether oxygens (including phenoxy) is 1. The molecule has 2 aromatic rings. The monoisotopic (exact) mass is 523 g/mol. The Morgan fingerprint density at radius 2 is 1.78 bits per heavy atom. The third-order valence-electron chi connectivity index (χ3n) is 5.06. The highest BCUT2D eigenvalue weighted by atomic mass is 32.2. The van der Waals surface area contributed by atoms with E-state index < -0.39 is 60.9 Å². The van der Waals surface area contributed by atoms with Crippen molar-refractivity contribution < 1.29 is 32.1 Å². The lowest BCUT2D eigenvalue weighted by molar-refractivity contribution is -0.387. The molecule has 2 N–H and O–H groups in total. The summed E-state index contributed by atoms with van der Waals surface area (Å²) < 4.78 is 47.6. The number of sulfonamides is 1. The molecule has 2 rings (SSSR count). The van der Waals surface area contributed by atoms with Gasteiger partial charge >= 0.3 is 5.97 Å². The number of amides is 1. The van der Waals surface area contributed by atoms with Crippen molar-refractivity contribution in [2.75, 3.05) is 0 Å². The van der Waals surface area contributed by atoms with Gasteiger partial charge in [-0.3, -0.25) is 14.9 Å². The van der Waals surface area contributed by atoms with Gasteiger partial charge in [-0.25, -0.2) is 17.6 Å². The third kappa shape index (κ3) is 7.56. The Morgan fingerprint density at radius 3 is 2.33 bits per heavy atom. The Labute approximate surface area is 209 Å². The Morgan fingerprint density at radius 1 is 1.17 bits per heavy atom. The molecule has 0 saturated heterocycles. The SMILES string of the molecule is Cc1cc(C)c(CC(NC(=O)C(C)NS(=O)(=O)c2ccccc2[N+](=O)[O-])C(=O)OC(C)(C)C)c(F)c1. The highest BCUT2D eigenvalue weighted by molar-refractivity contribution is 7.89. The van der Waals surface area contributed by atoms with Crippen LogP contribution in [-0.4, -0.2) is 42.9 Å². The van der Waals surface area contributed by atoms with Gasteiger partial charge in [0, 0.05) is 12.5 Å². The number of nitrogens with one attached hydrogen (secondary N) is 2. The van der Waals surface area contributed by atoms with E-state index in [1.807, 2.05) is 0 Å². The summed E-state index contributed by atoms with van der Waals surface area (Å²) in [5, 5.41) is 13.7. The largest absolute Gasteiger partial charge is 0.458 e. The van der Waals surface area contributed by atoms with Crippen LogP contribution in [0.5, 0.6) is 0 Å². The number of nitro benzene ring substituents is 1. The van der Waals surface area contributed by atoms with Crippen molar-refractivity contribution in [3.05, 3.63) is 69.0 Å². The number of nitrogens with zero attached hydrogens (tertiary/aromatic N) is 1. The van der Waals surface area contributed by atoms with Gasteiger partial charge in [-0.15, -0.1) is 0 Å². The van der Waals surface area contributed by atoms with Crippen molar-refractivity contribution in [1.29, 1.82) is 0 Å². The molecule has 0 radical (unpaired) electrons. The third-order valence-corrected chi connectivity index (χ3v) is 6.64. The van der Waals surface area contributed by atoms with Crippen molar-refractivity contribution in [2.45, 2.75) is 70.5 Å². The van der Waals surface area contributed by atoms with Gasteiger partial charge in [0.2, 0.25) is 15.9 Å². The number of aryl methyl sites for hydroxylation is 2. The van der Waals surface area contributed by atoms with Crippen LogP contribution in [0.1, 0.15) is 44.4 Å². The number of hydrogen-bond donors (Lipinski definition) is 2. The Hall–Kier alpha value is -3.38. The lowest BCUT2D eigenvalue weighted by atomic mass is 9.98. The summed E-state index contributed by atoms with van der Waals surface area (Å²) in [6, 6.07) is 4.96. The molecule has 0 aromatic heterocycles. The first-order valence-electron chi connectivity index (χ1n) is 11.1. The summed E-state index contributed by atoms with van der Waals surface area (Å²) in [5.41, 5.74) is -0.107. The summed E-state index contributed by atoms with van der Waals surface area (Å²) in [6.07, 6.45) is -0.234. The van der Waals surface area contributed by atoms with Gasteiger partial charge < -0.3 is 10.1 Å². The molecule has 2 aromatic carbocycles. The van der Waals surface area contributed by atoms with Gasteiger partial charge in [-0.05, 0) is 70.4 Å². The molecule has 2 atom stereocenters. The minimum atomic E-state index is -4.47. The molecule has 0 aliphatic rings. The van der Waals surface area contributed by atoms with Crippen molar-refractivity contribution in [3.63, 3.8) is 0 Å². The summed E-state index contributed by atoms with van der Waals surface area (Å²) >= 11 is 0. The van der Waals surface area contributed by atoms with Gasteiger partial charge in [0.15, 0.2) is 4.90 Å². The van der Waals surface area contributed by atoms with Crippen LogP contribution in [0.4, 0.5) is 10.1 Å². The zero-order valence-electron chi connectivity index (χ0n) is 20.9. The van der Waals surface area contributed by atoms with Crippen LogP contribution >= 0.6 is 0 Å². The van der Waals surface area contributed by atoms with Crippen molar-refractivity contribution in [2.24, 2.45) is 0 Å². The minimum absolute atomic E-state index is 0.199. The Bertz CT molecular complexity index is 1250. The minimum Gasteiger partial charge on any atom is -0.458 e. The van der Waals surface area contributed by atoms with E-state index in [4.69, 9.17) is 4.74 Å². The van der Waals surface area contributed by atoms with E-state index in [0.717, 1.165) is 12.1 Å². The molecular formula is C24H30FN3O7S. The van der Waals surface area contributed by atoms with Crippen molar-refractivity contribution in [3.8, 4) is 0 Å². The van der Waals surface area contributed by atoms with Crippen LogP contribution < -0.4 is 10.0 Å². The summed E-state index contributed by atoms with van der Waals surface area (Å²) in [5.74, 6) is -2.29. The average Bonchev–Trinajstić information content (AvgIpc) is 2.73. The molecular weight excluding hydrogens is 493 g/mol. The van der Waals surface area contributed by atoms with E-state index in [1.54, 1.807) is 40.7 Å². The van der Waals surface area contributed by atoms with E-state index in [2.05, 4.69) is 10.0 Å². The van der Waals surface area contributed by atoms with Gasteiger partial charge in [-0.2, -0.15) is 4.72 Å². The zero-order valence-corrected chi connectivity index (χ0v) is 21.7. The fourth-order valence-corrected chi connectivity index (χ4v) is 4.83. The number of benzene rings is 2. The smallest absolute Gasteiger partial charge is 0.329 e. The summed E-state index contributed by atoms with van der Waals surface area (Å²) in [4.78, 5) is 35.5. The quantitative estimate of drug-likeness (QED) is 0.292. The molecule has 36 heavy (non-hydrogen) atoms. The number of hydrogen-bond acceptors (Lipinski definition) is 7. The molecule has 0 bridgehead atoms. The van der Waals surface area contributed by atoms with Gasteiger partial charge in [-0.1, -0.05) is 18.2 Å². The number of nitro groups is 1. The molecule has 0 saturated carbocycles. The zero-order chi connectivity index (χ0) is 27.4. The van der Waals surface area contributed by atoms with Crippen LogP contribution in [0.3, 0.4) is 0 Å². The topological polar surface area (TPSA) is 145 Å². The molecule has 0 aliphatic carbocycles. The number of para-hydroxylation sites is 1. The lowest BCUT2D eigenvalue weighted by Crippen LogP contribution is -2.52. The van der Waals surface area contributed by atoms with E-state index in [1.165, 1.54) is 25.1 Å². The number of carbonyl (C=O) groups excluding carboxylic acids is 2. The normalized spacial score (nSPS) is 13.5. The molecule has 10 nitrogen and oxygen atoms in total. The van der Waals surface area contributed by atoms with E-state index in [0.29, 0.717) is 11.1 Å². The fraction of sp³-hybridized carbons (Fsp3) is 0.417. The van der Waals surface area contributed by atoms with E-state index in [9.17, 15) is 32.5 Å². The second-order valence-electron chi connectivity index (χ2n) is 9.41. The second-order valence-corrected chi connectivity index (χ2v) is 11.1. The lowest BCUT2D eigenvalue weighted by Gasteiger charge is -2.26. The maximum Gasteiger partial charge on any atom is 0.329 e. The van der Waals surface area contributed by atoms with E-state index in [-0.39, 0.29) is 12.0 Å². The van der Waals surface area contributed by atoms with Crippen LogP contribution in [0.25, 0.3) is 0 Å². The molecule has 0 fully saturated rings. The van der Waals surface area contributed by atoms with Crippen LogP contribution in [0.15, 0.2) is 41.3 Å². The Balaban J connectivity index is 2.30. The molecule has 1 amide bonds. The maximum absolute atomic E-state index is 14.7. The predicted octanol–water partition coefficient (Wildman–Crippen LogP) is 3.09. The number of rotatable bonds is 9. The fourth-order valence-electron chi connectivity index (χ4n) is 3.46.